The lowest BCUT2D eigenvalue weighted by Crippen LogP contribution is -2.30. The number of methoxy groups -OCH3 is 1. The molecule has 1 saturated heterocycles. The first-order valence-electron chi connectivity index (χ1n) is 7.64. The molecule has 0 spiro atoms. The lowest BCUT2D eigenvalue weighted by Gasteiger charge is -2.15. The van der Waals surface area contributed by atoms with Crippen molar-refractivity contribution in [2.75, 3.05) is 7.11 Å². The second-order valence-corrected chi connectivity index (χ2v) is 6.16. The highest BCUT2D eigenvalue weighted by atomic mass is 35.5. The van der Waals surface area contributed by atoms with Crippen LogP contribution >= 0.6 is 11.6 Å². The number of imide groups is 1. The largest absolute Gasteiger partial charge is 0.495 e. The van der Waals surface area contributed by atoms with Gasteiger partial charge in [0.05, 0.1) is 24.6 Å². The van der Waals surface area contributed by atoms with Crippen LogP contribution in [0.1, 0.15) is 17.5 Å². The lowest BCUT2D eigenvalue weighted by molar-refractivity contribution is -0.140. The van der Waals surface area contributed by atoms with Crippen LogP contribution in [0.3, 0.4) is 0 Å². The van der Waals surface area contributed by atoms with E-state index in [9.17, 15) is 9.59 Å². The number of rotatable bonds is 5. The second-order valence-electron chi connectivity index (χ2n) is 5.75. The number of carbonyl (C=O) groups is 2. The van der Waals surface area contributed by atoms with Gasteiger partial charge in [0.15, 0.2) is 0 Å². The number of amides is 2. The van der Waals surface area contributed by atoms with Gasteiger partial charge in [-0.25, -0.2) is 0 Å². The van der Waals surface area contributed by atoms with Gasteiger partial charge in [-0.15, -0.1) is 0 Å². The van der Waals surface area contributed by atoms with E-state index in [-0.39, 0.29) is 30.7 Å². The van der Waals surface area contributed by atoms with Gasteiger partial charge in [0, 0.05) is 18.8 Å². The minimum atomic E-state index is -0.348. The highest BCUT2D eigenvalue weighted by Gasteiger charge is 2.38. The maximum atomic E-state index is 12.6. The molecular formula is C18H17ClN2O3. The van der Waals surface area contributed by atoms with Gasteiger partial charge in [0.1, 0.15) is 5.75 Å². The molecule has 0 aliphatic carbocycles. The van der Waals surface area contributed by atoms with Crippen LogP contribution in [0, 0.1) is 5.92 Å². The third-order valence-electron chi connectivity index (χ3n) is 4.10. The van der Waals surface area contributed by atoms with Crippen LogP contribution in [-0.4, -0.2) is 28.8 Å². The van der Waals surface area contributed by atoms with Crippen molar-refractivity contribution in [3.63, 3.8) is 0 Å². The van der Waals surface area contributed by atoms with Crippen molar-refractivity contribution >= 4 is 23.4 Å². The minimum absolute atomic E-state index is 0.143. The maximum absolute atomic E-state index is 12.6. The summed E-state index contributed by atoms with van der Waals surface area (Å²) in [5, 5.41) is 0.499. The molecule has 6 heteroatoms. The summed E-state index contributed by atoms with van der Waals surface area (Å²) in [7, 11) is 1.55. The van der Waals surface area contributed by atoms with Crippen molar-refractivity contribution in [2.24, 2.45) is 5.92 Å². The molecule has 0 bridgehead atoms. The van der Waals surface area contributed by atoms with Gasteiger partial charge in [-0.1, -0.05) is 23.7 Å². The number of pyridine rings is 1. The van der Waals surface area contributed by atoms with Crippen molar-refractivity contribution < 1.29 is 14.3 Å². The van der Waals surface area contributed by atoms with Gasteiger partial charge in [-0.3, -0.25) is 19.5 Å². The Kier molecular flexibility index (Phi) is 4.81. The van der Waals surface area contributed by atoms with Crippen LogP contribution in [0.25, 0.3) is 0 Å². The number of nitrogens with zero attached hydrogens (tertiary/aromatic N) is 2. The third-order valence-corrected chi connectivity index (χ3v) is 4.39. The smallest absolute Gasteiger partial charge is 0.233 e. The molecule has 24 heavy (non-hydrogen) atoms. The Labute approximate surface area is 145 Å². The highest BCUT2D eigenvalue weighted by Crippen LogP contribution is 2.29. The van der Waals surface area contributed by atoms with Gasteiger partial charge in [0.2, 0.25) is 11.8 Å². The summed E-state index contributed by atoms with van der Waals surface area (Å²) in [4.78, 5) is 30.1. The van der Waals surface area contributed by atoms with Crippen LogP contribution < -0.4 is 4.74 Å². The predicted octanol–water partition coefficient (Wildman–Crippen LogP) is 2.86. The highest BCUT2D eigenvalue weighted by molar-refractivity contribution is 6.32. The SMILES string of the molecule is COc1ccc(CC2CC(=O)N(Cc3cccnc3)C2=O)cc1Cl. The van der Waals surface area contributed by atoms with Crippen LogP contribution in [-0.2, 0) is 22.6 Å². The molecule has 2 heterocycles. The van der Waals surface area contributed by atoms with E-state index >= 15 is 0 Å². The lowest BCUT2D eigenvalue weighted by atomic mass is 9.98. The molecule has 1 aromatic heterocycles. The zero-order valence-corrected chi connectivity index (χ0v) is 14.0. The fraction of sp³-hybridized carbons (Fsp3) is 0.278. The van der Waals surface area contributed by atoms with E-state index in [1.165, 1.54) is 4.90 Å². The Morgan fingerprint density at radius 1 is 1.29 bits per heavy atom. The Morgan fingerprint density at radius 2 is 2.12 bits per heavy atom. The predicted molar refractivity (Wildman–Crippen MR) is 89.6 cm³/mol. The second kappa shape index (κ2) is 7.01. The van der Waals surface area contributed by atoms with Crippen LogP contribution in [0.4, 0.5) is 0 Å². The number of likely N-dealkylation sites (tertiary alicyclic amines) is 1. The molecular weight excluding hydrogens is 328 g/mol. The number of benzene rings is 1. The Bertz CT molecular complexity index is 764. The molecule has 0 N–H and O–H groups in total. The number of halogens is 1. The minimum Gasteiger partial charge on any atom is -0.495 e. The van der Waals surface area contributed by atoms with E-state index in [0.29, 0.717) is 17.2 Å². The maximum Gasteiger partial charge on any atom is 0.233 e. The quantitative estimate of drug-likeness (QED) is 0.782. The number of hydrogen-bond acceptors (Lipinski definition) is 4. The first-order valence-corrected chi connectivity index (χ1v) is 8.02. The molecule has 1 aliphatic rings. The Morgan fingerprint density at radius 3 is 2.79 bits per heavy atom. The number of aromatic nitrogens is 1. The standard InChI is InChI=1S/C18H17ClN2O3/c1-24-16-5-4-12(8-15(16)19)7-14-9-17(22)21(18(14)23)11-13-3-2-6-20-10-13/h2-6,8,10,14H,7,9,11H2,1H3. The zero-order valence-electron chi connectivity index (χ0n) is 13.2. The Hall–Kier alpha value is -2.40. The molecule has 1 aromatic carbocycles. The van der Waals surface area contributed by atoms with Gasteiger partial charge in [-0.05, 0) is 35.7 Å². The molecule has 5 nitrogen and oxygen atoms in total. The van der Waals surface area contributed by atoms with Crippen molar-refractivity contribution in [3.05, 3.63) is 58.9 Å². The van der Waals surface area contributed by atoms with E-state index < -0.39 is 0 Å². The molecule has 1 fully saturated rings. The van der Waals surface area contributed by atoms with Crippen molar-refractivity contribution in [2.45, 2.75) is 19.4 Å². The summed E-state index contributed by atoms with van der Waals surface area (Å²) in [6.07, 6.45) is 4.03. The van der Waals surface area contributed by atoms with E-state index in [0.717, 1.165) is 11.1 Å². The van der Waals surface area contributed by atoms with Crippen LogP contribution in [0.5, 0.6) is 5.75 Å². The van der Waals surface area contributed by atoms with Crippen molar-refractivity contribution in [3.8, 4) is 5.75 Å². The summed E-state index contributed by atoms with van der Waals surface area (Å²) in [6, 6.07) is 9.06. The molecule has 3 rings (SSSR count). The van der Waals surface area contributed by atoms with Crippen LogP contribution in [0.15, 0.2) is 42.7 Å². The van der Waals surface area contributed by atoms with Gasteiger partial charge < -0.3 is 4.74 Å². The van der Waals surface area contributed by atoms with Gasteiger partial charge in [0.25, 0.3) is 0 Å². The molecule has 2 amide bonds. The topological polar surface area (TPSA) is 59.5 Å². The third kappa shape index (κ3) is 3.41. The van der Waals surface area contributed by atoms with Crippen molar-refractivity contribution in [1.82, 2.24) is 9.88 Å². The summed E-state index contributed by atoms with van der Waals surface area (Å²) in [5.74, 6) is -0.0460. The summed E-state index contributed by atoms with van der Waals surface area (Å²) >= 11 is 6.12. The number of hydrogen-bond donors (Lipinski definition) is 0. The molecule has 1 unspecified atom stereocenters. The number of carbonyl (C=O) groups excluding carboxylic acids is 2. The van der Waals surface area contributed by atoms with E-state index in [2.05, 4.69) is 4.98 Å². The molecule has 1 aliphatic heterocycles. The number of ether oxygens (including phenoxy) is 1. The van der Waals surface area contributed by atoms with Crippen molar-refractivity contribution in [1.29, 1.82) is 0 Å². The summed E-state index contributed by atoms with van der Waals surface area (Å²) in [5.41, 5.74) is 1.75. The van der Waals surface area contributed by atoms with Crippen LogP contribution in [0.2, 0.25) is 5.02 Å². The molecule has 0 radical (unpaired) electrons. The first-order chi connectivity index (χ1) is 11.6. The molecule has 1 atom stereocenters. The average Bonchev–Trinajstić information content (AvgIpc) is 2.84. The fourth-order valence-electron chi connectivity index (χ4n) is 2.87. The van der Waals surface area contributed by atoms with Gasteiger partial charge in [-0.2, -0.15) is 0 Å². The summed E-state index contributed by atoms with van der Waals surface area (Å²) in [6.45, 7) is 0.269. The van der Waals surface area contributed by atoms with E-state index in [1.807, 2.05) is 12.1 Å². The average molecular weight is 345 g/mol. The monoisotopic (exact) mass is 344 g/mol. The van der Waals surface area contributed by atoms with Gasteiger partial charge >= 0.3 is 0 Å². The first kappa shape index (κ1) is 16.5. The molecule has 124 valence electrons. The molecule has 2 aromatic rings. The Balaban J connectivity index is 1.71. The normalized spacial score (nSPS) is 17.4. The summed E-state index contributed by atoms with van der Waals surface area (Å²) < 4.78 is 5.12. The zero-order chi connectivity index (χ0) is 17.1. The van der Waals surface area contributed by atoms with E-state index in [1.54, 1.807) is 37.7 Å². The van der Waals surface area contributed by atoms with E-state index in [4.69, 9.17) is 16.3 Å². The molecule has 0 saturated carbocycles. The fourth-order valence-corrected chi connectivity index (χ4v) is 3.15.